The van der Waals surface area contributed by atoms with E-state index in [1.54, 1.807) is 0 Å². The molecule has 0 amide bonds. The van der Waals surface area contributed by atoms with E-state index in [9.17, 15) is 19.0 Å². The van der Waals surface area contributed by atoms with E-state index < -0.39 is 32.5 Å². The molecule has 0 aromatic carbocycles. The molecule has 354 valence electrons. The summed E-state index contributed by atoms with van der Waals surface area (Å²) in [5.74, 6) is -0.909. The van der Waals surface area contributed by atoms with Gasteiger partial charge in [0.05, 0.1) is 27.7 Å². The molecule has 1 unspecified atom stereocenters. The van der Waals surface area contributed by atoms with Gasteiger partial charge in [0.1, 0.15) is 19.8 Å². The van der Waals surface area contributed by atoms with Crippen LogP contribution in [0.2, 0.25) is 0 Å². The highest BCUT2D eigenvalue weighted by Gasteiger charge is 2.27. The molecule has 0 spiro atoms. The van der Waals surface area contributed by atoms with Crippen molar-refractivity contribution in [2.75, 3.05) is 47.5 Å². The Morgan fingerprint density at radius 2 is 0.952 bits per heavy atom. The molecule has 0 fully saturated rings. The number of ether oxygens (including phenoxy) is 2. The van der Waals surface area contributed by atoms with Crippen molar-refractivity contribution in [3.8, 4) is 0 Å². The fourth-order valence-corrected chi connectivity index (χ4v) is 6.63. The first-order valence-electron chi connectivity index (χ1n) is 24.0. The molecule has 0 radical (unpaired) electrons. The normalized spacial score (nSPS) is 14.4. The second-order valence-electron chi connectivity index (χ2n) is 16.8. The highest BCUT2D eigenvalue weighted by molar-refractivity contribution is 7.47. The number of unbranched alkanes of at least 4 members (excludes halogenated alkanes) is 12. The number of carbonyl (C=O) groups excluding carboxylic acids is 2. The summed E-state index contributed by atoms with van der Waals surface area (Å²) < 4.78 is 34.3. The molecule has 0 saturated heterocycles. The molecule has 0 aliphatic carbocycles. The van der Waals surface area contributed by atoms with Gasteiger partial charge < -0.3 is 18.9 Å². The van der Waals surface area contributed by atoms with Gasteiger partial charge in [-0.25, -0.2) is 4.57 Å². The van der Waals surface area contributed by atoms with Gasteiger partial charge in [-0.1, -0.05) is 169 Å². The van der Waals surface area contributed by atoms with Crippen LogP contribution < -0.4 is 0 Å². The third-order valence-electron chi connectivity index (χ3n) is 9.61. The Bertz CT molecular complexity index is 1370. The van der Waals surface area contributed by atoms with Crippen LogP contribution in [0.25, 0.3) is 0 Å². The van der Waals surface area contributed by atoms with Gasteiger partial charge in [0.2, 0.25) is 0 Å². The highest BCUT2D eigenvalue weighted by Crippen LogP contribution is 2.43. The van der Waals surface area contributed by atoms with E-state index in [0.717, 1.165) is 70.6 Å². The minimum atomic E-state index is -4.40. The summed E-state index contributed by atoms with van der Waals surface area (Å²) in [4.78, 5) is 35.4. The number of phosphoric acid groups is 1. The van der Waals surface area contributed by atoms with Crippen LogP contribution in [0.3, 0.4) is 0 Å². The van der Waals surface area contributed by atoms with Crippen molar-refractivity contribution in [3.05, 3.63) is 97.2 Å². The molecule has 62 heavy (non-hydrogen) atoms. The first-order chi connectivity index (χ1) is 30.0. The van der Waals surface area contributed by atoms with Gasteiger partial charge in [0.15, 0.2) is 6.10 Å². The Hall–Kier alpha value is -3.07. The van der Waals surface area contributed by atoms with E-state index in [4.69, 9.17) is 18.5 Å². The summed E-state index contributed by atoms with van der Waals surface area (Å²) in [6, 6.07) is 0. The quantitative estimate of drug-likeness (QED) is 0.0212. The second-order valence-corrected chi connectivity index (χ2v) is 18.2. The van der Waals surface area contributed by atoms with Gasteiger partial charge >= 0.3 is 19.8 Å². The number of nitrogens with zero attached hydrogens (tertiary/aromatic N) is 1. The fourth-order valence-electron chi connectivity index (χ4n) is 5.89. The van der Waals surface area contributed by atoms with Gasteiger partial charge in [-0.05, 0) is 83.5 Å². The molecule has 0 aliphatic rings. The molecule has 0 aromatic rings. The van der Waals surface area contributed by atoms with Crippen molar-refractivity contribution >= 4 is 19.8 Å². The van der Waals surface area contributed by atoms with E-state index in [1.165, 1.54) is 57.8 Å². The Kier molecular flexibility index (Phi) is 41.1. The minimum Gasteiger partial charge on any atom is -0.462 e. The summed E-state index contributed by atoms with van der Waals surface area (Å²) in [7, 11) is 1.42. The molecule has 0 rings (SSSR count). The summed E-state index contributed by atoms with van der Waals surface area (Å²) in [6.45, 7) is 4.18. The van der Waals surface area contributed by atoms with Crippen LogP contribution >= 0.6 is 7.82 Å². The number of carbonyl (C=O) groups is 2. The molecule has 0 heterocycles. The smallest absolute Gasteiger partial charge is 0.462 e. The highest BCUT2D eigenvalue weighted by atomic mass is 31.2. The Morgan fingerprint density at radius 1 is 0.516 bits per heavy atom. The third kappa shape index (κ3) is 46.4. The molecule has 0 aromatic heterocycles. The number of hydrogen-bond donors (Lipinski definition) is 1. The van der Waals surface area contributed by atoms with Crippen LogP contribution in [0.5, 0.6) is 0 Å². The molecule has 0 aliphatic heterocycles. The summed E-state index contributed by atoms with van der Waals surface area (Å²) >= 11 is 0. The van der Waals surface area contributed by atoms with Gasteiger partial charge in [-0.15, -0.1) is 0 Å². The molecular weight excluding hydrogens is 798 g/mol. The summed E-state index contributed by atoms with van der Waals surface area (Å²) in [6.07, 6.45) is 57.5. The lowest BCUT2D eigenvalue weighted by Crippen LogP contribution is -2.37. The number of rotatable bonds is 42. The number of phosphoric ester groups is 1. The van der Waals surface area contributed by atoms with Gasteiger partial charge in [0.25, 0.3) is 0 Å². The van der Waals surface area contributed by atoms with Crippen molar-refractivity contribution in [2.45, 2.75) is 174 Å². The topological polar surface area (TPSA) is 108 Å². The molecule has 0 saturated carbocycles. The van der Waals surface area contributed by atoms with Crippen molar-refractivity contribution in [1.82, 2.24) is 0 Å². The minimum absolute atomic E-state index is 0.0144. The maximum atomic E-state index is 12.7. The molecular formula is C52H89NO8P+. The lowest BCUT2D eigenvalue weighted by Gasteiger charge is -2.24. The fraction of sp³-hybridized carbons (Fsp3) is 0.654. The number of esters is 2. The zero-order valence-electron chi connectivity index (χ0n) is 39.8. The van der Waals surface area contributed by atoms with Crippen molar-refractivity contribution in [2.24, 2.45) is 0 Å². The van der Waals surface area contributed by atoms with E-state index in [1.807, 2.05) is 33.3 Å². The third-order valence-corrected chi connectivity index (χ3v) is 10.6. The Balaban J connectivity index is 4.44. The number of quaternary nitrogens is 1. The van der Waals surface area contributed by atoms with Crippen LogP contribution in [0.1, 0.15) is 168 Å². The molecule has 2 atom stereocenters. The predicted molar refractivity (Wildman–Crippen MR) is 261 cm³/mol. The van der Waals surface area contributed by atoms with Crippen molar-refractivity contribution in [3.63, 3.8) is 0 Å². The van der Waals surface area contributed by atoms with Gasteiger partial charge in [0, 0.05) is 12.8 Å². The predicted octanol–water partition coefficient (Wildman–Crippen LogP) is 14.1. The maximum Gasteiger partial charge on any atom is 0.472 e. The van der Waals surface area contributed by atoms with Crippen LogP contribution in [0, 0.1) is 0 Å². The standard InChI is InChI=1S/C52H88NO8P/c1-6-8-10-12-14-16-18-20-22-24-26-28-30-32-34-36-38-40-42-44-51(54)58-48-50(49-60-62(56,57)59-47-46-53(3,4)5)61-52(55)45-43-41-39-37-35-33-31-29-27-25-23-21-19-17-15-13-11-9-7-2/h8,10,14-17,20-23,26,28,32,34,38,40,50H,6-7,9,11-13,18-19,24-25,27,29-31,33,35-37,39,41-49H2,1-5H3/p+1/b10-8-,16-14-,17-15-,22-20-,23-21-,28-26-,34-32-,40-38-/t50-/m1/s1. The average molecular weight is 887 g/mol. The lowest BCUT2D eigenvalue weighted by atomic mass is 10.1. The first-order valence-corrected chi connectivity index (χ1v) is 25.5. The largest absolute Gasteiger partial charge is 0.472 e. The number of allylic oxidation sites excluding steroid dienone is 16. The van der Waals surface area contributed by atoms with E-state index in [2.05, 4.69) is 98.9 Å². The van der Waals surface area contributed by atoms with Crippen LogP contribution in [-0.2, 0) is 32.7 Å². The van der Waals surface area contributed by atoms with E-state index >= 15 is 0 Å². The average Bonchev–Trinajstić information content (AvgIpc) is 3.23. The van der Waals surface area contributed by atoms with Crippen LogP contribution in [-0.4, -0.2) is 74.9 Å². The number of likely N-dealkylation sites (N-methyl/N-ethyl adjacent to an activating group) is 1. The van der Waals surface area contributed by atoms with Crippen LogP contribution in [0.4, 0.5) is 0 Å². The SMILES string of the molecule is CC/C=C\C/C=C\C/C=C\C/C=C\C/C=C\C/C=C\CCC(=O)OC[C@H](COP(=O)(O)OCC[N+](C)(C)C)OC(=O)CCCCCCCCCCC/C=C\C/C=C\CCCCC. The molecule has 1 N–H and O–H groups in total. The monoisotopic (exact) mass is 887 g/mol. The lowest BCUT2D eigenvalue weighted by molar-refractivity contribution is -0.870. The van der Waals surface area contributed by atoms with Crippen molar-refractivity contribution < 1.29 is 42.1 Å². The van der Waals surface area contributed by atoms with Gasteiger partial charge in [-0.3, -0.25) is 18.6 Å². The molecule has 9 nitrogen and oxygen atoms in total. The summed E-state index contributed by atoms with van der Waals surface area (Å²) in [5, 5.41) is 0. The maximum absolute atomic E-state index is 12.7. The summed E-state index contributed by atoms with van der Waals surface area (Å²) in [5.41, 5.74) is 0. The van der Waals surface area contributed by atoms with E-state index in [0.29, 0.717) is 23.9 Å². The zero-order valence-corrected chi connectivity index (χ0v) is 40.7. The van der Waals surface area contributed by atoms with E-state index in [-0.39, 0.29) is 26.1 Å². The van der Waals surface area contributed by atoms with Crippen LogP contribution in [0.15, 0.2) is 97.2 Å². The second kappa shape index (κ2) is 43.2. The zero-order chi connectivity index (χ0) is 45.7. The Morgan fingerprint density at radius 3 is 1.44 bits per heavy atom. The Labute approximate surface area is 379 Å². The number of hydrogen-bond acceptors (Lipinski definition) is 7. The van der Waals surface area contributed by atoms with Gasteiger partial charge in [-0.2, -0.15) is 0 Å². The molecule has 10 heteroatoms. The molecule has 0 bridgehead atoms. The first kappa shape index (κ1) is 58.9. The van der Waals surface area contributed by atoms with Crippen molar-refractivity contribution in [1.29, 1.82) is 0 Å².